The van der Waals surface area contributed by atoms with E-state index in [2.05, 4.69) is 4.72 Å². The Morgan fingerprint density at radius 1 is 1.42 bits per heavy atom. The Labute approximate surface area is 149 Å². The smallest absolute Gasteiger partial charge is 0.346 e. The van der Waals surface area contributed by atoms with Crippen molar-refractivity contribution >= 4 is 38.9 Å². The van der Waals surface area contributed by atoms with Crippen molar-refractivity contribution in [3.63, 3.8) is 0 Å². The van der Waals surface area contributed by atoms with Crippen molar-refractivity contribution in [1.82, 2.24) is 4.72 Å². The van der Waals surface area contributed by atoms with Gasteiger partial charge < -0.3 is 9.84 Å². The second kappa shape index (κ2) is 7.52. The van der Waals surface area contributed by atoms with Crippen LogP contribution >= 0.6 is 22.9 Å². The van der Waals surface area contributed by atoms with Gasteiger partial charge in [0.05, 0.1) is 7.11 Å². The molecule has 24 heavy (non-hydrogen) atoms. The number of hydrogen-bond donors (Lipinski definition) is 2. The molecule has 2 aromatic rings. The fourth-order valence-electron chi connectivity index (χ4n) is 2.15. The van der Waals surface area contributed by atoms with Crippen molar-refractivity contribution in [2.24, 2.45) is 0 Å². The minimum absolute atomic E-state index is 0.00911. The summed E-state index contributed by atoms with van der Waals surface area (Å²) in [7, 11) is -2.62. The van der Waals surface area contributed by atoms with Crippen LogP contribution in [-0.2, 0) is 16.4 Å². The maximum atomic E-state index is 12.5. The highest BCUT2D eigenvalue weighted by atomic mass is 35.5. The maximum Gasteiger partial charge on any atom is 0.346 e. The number of halogens is 1. The number of sulfonamides is 1. The standard InChI is InChI=1S/C15H16ClNO5S2/c1-9(7-10-5-3-4-6-11(10)16)17-24(20,21)15-12(22-2)8-13(23-15)14(18)19/h3-6,8-9,17H,7H2,1-2H3,(H,18,19). The number of rotatable bonds is 7. The molecule has 0 saturated carbocycles. The summed E-state index contributed by atoms with van der Waals surface area (Å²) >= 11 is 6.73. The van der Waals surface area contributed by atoms with Gasteiger partial charge in [-0.3, -0.25) is 0 Å². The third kappa shape index (κ3) is 4.27. The van der Waals surface area contributed by atoms with Gasteiger partial charge in [-0.15, -0.1) is 11.3 Å². The third-order valence-corrected chi connectivity index (χ3v) is 6.76. The molecular formula is C15H16ClNO5S2. The van der Waals surface area contributed by atoms with Gasteiger partial charge in [0.15, 0.2) is 9.96 Å². The van der Waals surface area contributed by atoms with Crippen LogP contribution in [0.1, 0.15) is 22.2 Å². The first-order chi connectivity index (χ1) is 11.2. The Kier molecular flexibility index (Phi) is 5.87. The van der Waals surface area contributed by atoms with Gasteiger partial charge in [-0.05, 0) is 25.0 Å². The van der Waals surface area contributed by atoms with Gasteiger partial charge >= 0.3 is 5.97 Å². The average Bonchev–Trinajstić information content (AvgIpc) is 2.94. The van der Waals surface area contributed by atoms with Gasteiger partial charge in [0.2, 0.25) is 0 Å². The lowest BCUT2D eigenvalue weighted by molar-refractivity contribution is 0.0702. The molecule has 6 nitrogen and oxygen atoms in total. The van der Waals surface area contributed by atoms with Crippen LogP contribution in [-0.4, -0.2) is 32.6 Å². The number of nitrogens with one attached hydrogen (secondary N) is 1. The monoisotopic (exact) mass is 389 g/mol. The lowest BCUT2D eigenvalue weighted by Crippen LogP contribution is -2.33. The lowest BCUT2D eigenvalue weighted by Gasteiger charge is -2.15. The summed E-state index contributed by atoms with van der Waals surface area (Å²) in [5.74, 6) is -1.20. The zero-order valence-corrected chi connectivity index (χ0v) is 15.3. The molecule has 0 aliphatic carbocycles. The zero-order chi connectivity index (χ0) is 17.9. The predicted octanol–water partition coefficient (Wildman–Crippen LogP) is 3.02. The molecule has 9 heteroatoms. The predicted molar refractivity (Wildman–Crippen MR) is 92.8 cm³/mol. The van der Waals surface area contributed by atoms with Crippen LogP contribution in [0.3, 0.4) is 0 Å². The number of benzene rings is 1. The molecule has 0 fully saturated rings. The first-order valence-corrected chi connectivity index (χ1v) is 9.59. The van der Waals surface area contributed by atoms with Gasteiger partial charge in [0, 0.05) is 17.1 Å². The number of thiophene rings is 1. The molecule has 0 amide bonds. The Bertz CT molecular complexity index is 847. The van der Waals surface area contributed by atoms with Crippen LogP contribution < -0.4 is 9.46 Å². The van der Waals surface area contributed by atoms with Crippen molar-refractivity contribution in [2.75, 3.05) is 7.11 Å². The molecule has 1 heterocycles. The van der Waals surface area contributed by atoms with E-state index in [-0.39, 0.29) is 14.8 Å². The number of aromatic carboxylic acids is 1. The van der Waals surface area contributed by atoms with Crippen LogP contribution in [0.15, 0.2) is 34.5 Å². The number of carbonyl (C=O) groups is 1. The largest absolute Gasteiger partial charge is 0.494 e. The van der Waals surface area contributed by atoms with Crippen LogP contribution in [0.2, 0.25) is 5.02 Å². The van der Waals surface area contributed by atoms with Crippen molar-refractivity contribution in [3.05, 3.63) is 45.8 Å². The Hall–Kier alpha value is -1.61. The quantitative estimate of drug-likeness (QED) is 0.759. The highest BCUT2D eigenvalue weighted by Crippen LogP contribution is 2.33. The fourth-order valence-corrected chi connectivity index (χ4v) is 5.03. The molecule has 1 unspecified atom stereocenters. The molecule has 0 aliphatic heterocycles. The number of hydrogen-bond acceptors (Lipinski definition) is 5. The summed E-state index contributed by atoms with van der Waals surface area (Å²) in [6.07, 6.45) is 0.401. The van der Waals surface area contributed by atoms with E-state index >= 15 is 0 Å². The molecule has 1 aromatic carbocycles. The summed E-state index contributed by atoms with van der Waals surface area (Å²) in [6, 6.07) is 7.94. The first kappa shape index (κ1) is 18.7. The van der Waals surface area contributed by atoms with E-state index in [4.69, 9.17) is 21.4 Å². The summed E-state index contributed by atoms with van der Waals surface area (Å²) in [4.78, 5) is 10.9. The van der Waals surface area contributed by atoms with E-state index in [1.165, 1.54) is 13.2 Å². The van der Waals surface area contributed by atoms with E-state index in [1.807, 2.05) is 12.1 Å². The minimum Gasteiger partial charge on any atom is -0.494 e. The summed E-state index contributed by atoms with van der Waals surface area (Å²) in [5.41, 5.74) is 0.818. The van der Waals surface area contributed by atoms with E-state index in [9.17, 15) is 13.2 Å². The zero-order valence-electron chi connectivity index (χ0n) is 12.9. The lowest BCUT2D eigenvalue weighted by atomic mass is 10.1. The Morgan fingerprint density at radius 3 is 2.67 bits per heavy atom. The maximum absolute atomic E-state index is 12.5. The number of carboxylic acid groups (broad SMARTS) is 1. The molecule has 2 N–H and O–H groups in total. The molecule has 1 aromatic heterocycles. The molecule has 2 rings (SSSR count). The Morgan fingerprint density at radius 2 is 2.08 bits per heavy atom. The van der Waals surface area contributed by atoms with Crippen LogP contribution in [0, 0.1) is 0 Å². The number of ether oxygens (including phenoxy) is 1. The highest BCUT2D eigenvalue weighted by Gasteiger charge is 2.27. The molecule has 0 radical (unpaired) electrons. The normalized spacial score (nSPS) is 12.8. The summed E-state index contributed by atoms with van der Waals surface area (Å²) < 4.78 is 32.4. The van der Waals surface area contributed by atoms with Gasteiger partial charge in [-0.1, -0.05) is 29.8 Å². The van der Waals surface area contributed by atoms with Crippen LogP contribution in [0.4, 0.5) is 0 Å². The van der Waals surface area contributed by atoms with Gasteiger partial charge in [-0.25, -0.2) is 17.9 Å². The van der Waals surface area contributed by atoms with E-state index in [0.717, 1.165) is 5.56 Å². The van der Waals surface area contributed by atoms with Crippen molar-refractivity contribution in [2.45, 2.75) is 23.6 Å². The van der Waals surface area contributed by atoms with Gasteiger partial charge in [0.1, 0.15) is 4.88 Å². The third-order valence-electron chi connectivity index (χ3n) is 3.18. The molecule has 1 atom stereocenters. The molecular weight excluding hydrogens is 374 g/mol. The van der Waals surface area contributed by atoms with Crippen molar-refractivity contribution in [1.29, 1.82) is 0 Å². The molecule has 0 aliphatic rings. The SMILES string of the molecule is COc1cc(C(=O)O)sc1S(=O)(=O)NC(C)Cc1ccccc1Cl. The second-order valence-corrected chi connectivity index (χ2v) is 8.46. The molecule has 130 valence electrons. The van der Waals surface area contributed by atoms with Crippen molar-refractivity contribution in [3.8, 4) is 5.75 Å². The summed E-state index contributed by atoms with van der Waals surface area (Å²) in [6.45, 7) is 1.71. The van der Waals surface area contributed by atoms with E-state index in [0.29, 0.717) is 22.8 Å². The molecule has 0 bridgehead atoms. The van der Waals surface area contributed by atoms with Gasteiger partial charge in [0.25, 0.3) is 10.0 Å². The van der Waals surface area contributed by atoms with Crippen LogP contribution in [0.5, 0.6) is 5.75 Å². The minimum atomic E-state index is -3.91. The van der Waals surface area contributed by atoms with E-state index < -0.39 is 22.0 Å². The van der Waals surface area contributed by atoms with Gasteiger partial charge in [-0.2, -0.15) is 0 Å². The highest BCUT2D eigenvalue weighted by molar-refractivity contribution is 7.91. The number of carboxylic acids is 1. The molecule has 0 saturated heterocycles. The topological polar surface area (TPSA) is 92.7 Å². The molecule has 0 spiro atoms. The van der Waals surface area contributed by atoms with E-state index in [1.54, 1.807) is 19.1 Å². The number of methoxy groups -OCH3 is 1. The van der Waals surface area contributed by atoms with Crippen LogP contribution in [0.25, 0.3) is 0 Å². The second-order valence-electron chi connectivity index (χ2n) is 5.09. The Balaban J connectivity index is 2.22. The fraction of sp³-hybridized carbons (Fsp3) is 0.267. The average molecular weight is 390 g/mol. The first-order valence-electron chi connectivity index (χ1n) is 6.91. The summed E-state index contributed by atoms with van der Waals surface area (Å²) in [5, 5.41) is 9.58. The van der Waals surface area contributed by atoms with Crippen molar-refractivity contribution < 1.29 is 23.1 Å².